The second kappa shape index (κ2) is 7.61. The van der Waals surface area contributed by atoms with Crippen molar-refractivity contribution in [1.82, 2.24) is 0 Å². The third-order valence-electron chi connectivity index (χ3n) is 2.98. The highest BCUT2D eigenvalue weighted by Gasteiger charge is 2.13. The molecule has 0 unspecified atom stereocenters. The van der Waals surface area contributed by atoms with Crippen LogP contribution in [0.5, 0.6) is 5.75 Å². The Morgan fingerprint density at radius 3 is 2.55 bits per heavy atom. The Hall–Kier alpha value is -2.33. The van der Waals surface area contributed by atoms with Gasteiger partial charge in [0.25, 0.3) is 5.91 Å². The zero-order valence-corrected chi connectivity index (χ0v) is 12.9. The molecule has 0 heterocycles. The van der Waals surface area contributed by atoms with Crippen LogP contribution in [-0.2, 0) is 4.79 Å². The summed E-state index contributed by atoms with van der Waals surface area (Å²) in [5, 5.41) is 3.17. The summed E-state index contributed by atoms with van der Waals surface area (Å²) in [5.41, 5.74) is 1.08. The first-order valence-electron chi connectivity index (χ1n) is 6.90. The lowest BCUT2D eigenvalue weighted by Crippen LogP contribution is -2.20. The number of anilines is 1. The number of nitrogens with one attached hydrogen (secondary N) is 1. The summed E-state index contributed by atoms with van der Waals surface area (Å²) >= 11 is 5.90. The topological polar surface area (TPSA) is 55.4 Å². The molecular formula is C17H16ClNO3. The van der Waals surface area contributed by atoms with Crippen LogP contribution in [0, 0.1) is 0 Å². The standard InChI is InChI=1S/C17H16ClNO3/c1-2-15(20)14-10-12(18)8-9-16(14)22-11-17(21)19-13-6-4-3-5-7-13/h3-10H,2,11H2,1H3,(H,19,21). The Kier molecular flexibility index (Phi) is 5.55. The average Bonchev–Trinajstić information content (AvgIpc) is 2.53. The number of para-hydroxylation sites is 1. The molecule has 0 fully saturated rings. The van der Waals surface area contributed by atoms with Crippen LogP contribution in [0.2, 0.25) is 5.02 Å². The molecule has 114 valence electrons. The van der Waals surface area contributed by atoms with E-state index in [1.165, 1.54) is 0 Å². The van der Waals surface area contributed by atoms with Crippen molar-refractivity contribution in [2.24, 2.45) is 0 Å². The van der Waals surface area contributed by atoms with Gasteiger partial charge in [-0.3, -0.25) is 9.59 Å². The number of rotatable bonds is 6. The number of ketones is 1. The van der Waals surface area contributed by atoms with E-state index in [4.69, 9.17) is 16.3 Å². The van der Waals surface area contributed by atoms with E-state index in [0.717, 1.165) is 0 Å². The van der Waals surface area contributed by atoms with Gasteiger partial charge in [0.15, 0.2) is 12.4 Å². The highest BCUT2D eigenvalue weighted by atomic mass is 35.5. The van der Waals surface area contributed by atoms with E-state index in [9.17, 15) is 9.59 Å². The fourth-order valence-corrected chi connectivity index (χ4v) is 2.07. The number of ether oxygens (including phenoxy) is 1. The maximum Gasteiger partial charge on any atom is 0.262 e. The van der Waals surface area contributed by atoms with Crippen LogP contribution in [0.25, 0.3) is 0 Å². The molecule has 0 bridgehead atoms. The highest BCUT2D eigenvalue weighted by molar-refractivity contribution is 6.31. The smallest absolute Gasteiger partial charge is 0.262 e. The molecule has 4 nitrogen and oxygen atoms in total. The molecule has 1 N–H and O–H groups in total. The van der Waals surface area contributed by atoms with E-state index < -0.39 is 0 Å². The molecular weight excluding hydrogens is 302 g/mol. The Morgan fingerprint density at radius 2 is 1.86 bits per heavy atom. The van der Waals surface area contributed by atoms with Crippen molar-refractivity contribution in [2.45, 2.75) is 13.3 Å². The molecule has 0 aliphatic rings. The van der Waals surface area contributed by atoms with Gasteiger partial charge in [0, 0.05) is 17.1 Å². The van der Waals surface area contributed by atoms with Crippen molar-refractivity contribution < 1.29 is 14.3 Å². The van der Waals surface area contributed by atoms with Gasteiger partial charge in [0.2, 0.25) is 0 Å². The maximum absolute atomic E-state index is 11.9. The zero-order valence-electron chi connectivity index (χ0n) is 12.1. The number of hydrogen-bond acceptors (Lipinski definition) is 3. The van der Waals surface area contributed by atoms with Gasteiger partial charge >= 0.3 is 0 Å². The lowest BCUT2D eigenvalue weighted by Gasteiger charge is -2.11. The van der Waals surface area contributed by atoms with Crippen molar-refractivity contribution >= 4 is 29.0 Å². The number of benzene rings is 2. The second-order valence-electron chi connectivity index (χ2n) is 4.62. The minimum atomic E-state index is -0.295. The summed E-state index contributed by atoms with van der Waals surface area (Å²) in [7, 11) is 0. The van der Waals surface area contributed by atoms with E-state index in [1.807, 2.05) is 18.2 Å². The molecule has 2 rings (SSSR count). The minimum Gasteiger partial charge on any atom is -0.483 e. The number of halogens is 1. The predicted molar refractivity (Wildman–Crippen MR) is 86.6 cm³/mol. The lowest BCUT2D eigenvalue weighted by molar-refractivity contribution is -0.118. The molecule has 2 aromatic rings. The van der Waals surface area contributed by atoms with Crippen LogP contribution >= 0.6 is 11.6 Å². The molecule has 22 heavy (non-hydrogen) atoms. The normalized spacial score (nSPS) is 10.1. The van der Waals surface area contributed by atoms with E-state index in [2.05, 4.69) is 5.32 Å². The zero-order chi connectivity index (χ0) is 15.9. The Balaban J connectivity index is 2.02. The molecule has 0 aromatic heterocycles. The summed E-state index contributed by atoms with van der Waals surface area (Å²) in [5.74, 6) is -0.0172. The van der Waals surface area contributed by atoms with Gasteiger partial charge < -0.3 is 10.1 Å². The summed E-state index contributed by atoms with van der Waals surface area (Å²) in [6.07, 6.45) is 0.340. The molecule has 0 aliphatic carbocycles. The van der Waals surface area contributed by atoms with Gasteiger partial charge in [-0.2, -0.15) is 0 Å². The van der Waals surface area contributed by atoms with Gasteiger partial charge in [-0.05, 0) is 30.3 Å². The summed E-state index contributed by atoms with van der Waals surface area (Å²) in [6.45, 7) is 1.58. The fraction of sp³-hybridized carbons (Fsp3) is 0.176. The fourth-order valence-electron chi connectivity index (χ4n) is 1.90. The molecule has 0 saturated heterocycles. The molecule has 0 aliphatic heterocycles. The van der Waals surface area contributed by atoms with Crippen molar-refractivity contribution in [2.75, 3.05) is 11.9 Å². The first-order chi connectivity index (χ1) is 10.6. The predicted octanol–water partition coefficient (Wildman–Crippen LogP) is 3.95. The van der Waals surface area contributed by atoms with Crippen LogP contribution in [0.3, 0.4) is 0 Å². The third kappa shape index (κ3) is 4.33. The molecule has 0 atom stereocenters. The average molecular weight is 318 g/mol. The quantitative estimate of drug-likeness (QED) is 0.821. The molecule has 5 heteroatoms. The number of carbonyl (C=O) groups is 2. The molecule has 2 aromatic carbocycles. The van der Waals surface area contributed by atoms with E-state index in [-0.39, 0.29) is 18.3 Å². The second-order valence-corrected chi connectivity index (χ2v) is 5.06. The summed E-state index contributed by atoms with van der Waals surface area (Å²) < 4.78 is 5.46. The lowest BCUT2D eigenvalue weighted by atomic mass is 10.1. The van der Waals surface area contributed by atoms with Gasteiger partial charge in [0.05, 0.1) is 5.56 Å². The summed E-state index contributed by atoms with van der Waals surface area (Å²) in [6, 6.07) is 13.9. The van der Waals surface area contributed by atoms with Crippen LogP contribution in [0.4, 0.5) is 5.69 Å². The van der Waals surface area contributed by atoms with E-state index in [1.54, 1.807) is 37.3 Å². The van der Waals surface area contributed by atoms with Gasteiger partial charge in [-0.1, -0.05) is 36.7 Å². The van der Waals surface area contributed by atoms with Crippen LogP contribution in [0.1, 0.15) is 23.7 Å². The molecule has 0 spiro atoms. The van der Waals surface area contributed by atoms with Gasteiger partial charge in [-0.15, -0.1) is 0 Å². The number of Topliss-reactive ketones (excluding diaryl/α,β-unsaturated/α-hetero) is 1. The van der Waals surface area contributed by atoms with Gasteiger partial charge in [0.1, 0.15) is 5.75 Å². The molecule has 1 amide bonds. The first-order valence-corrected chi connectivity index (χ1v) is 7.28. The first kappa shape index (κ1) is 16.0. The van der Waals surface area contributed by atoms with Crippen LogP contribution in [0.15, 0.2) is 48.5 Å². The van der Waals surface area contributed by atoms with Gasteiger partial charge in [-0.25, -0.2) is 0 Å². The third-order valence-corrected chi connectivity index (χ3v) is 3.21. The Labute approximate surface area is 134 Å². The largest absolute Gasteiger partial charge is 0.483 e. The minimum absolute atomic E-state index is 0.0824. The number of carbonyl (C=O) groups excluding carboxylic acids is 2. The van der Waals surface area contributed by atoms with E-state index >= 15 is 0 Å². The summed E-state index contributed by atoms with van der Waals surface area (Å²) in [4.78, 5) is 23.7. The van der Waals surface area contributed by atoms with Crippen molar-refractivity contribution in [1.29, 1.82) is 0 Å². The molecule has 0 radical (unpaired) electrons. The van der Waals surface area contributed by atoms with Crippen molar-refractivity contribution in [3.05, 3.63) is 59.1 Å². The van der Waals surface area contributed by atoms with Crippen molar-refractivity contribution in [3.63, 3.8) is 0 Å². The number of amides is 1. The van der Waals surface area contributed by atoms with Crippen molar-refractivity contribution in [3.8, 4) is 5.75 Å². The Bertz CT molecular complexity index is 671. The Morgan fingerprint density at radius 1 is 1.14 bits per heavy atom. The van der Waals surface area contributed by atoms with Crippen LogP contribution in [-0.4, -0.2) is 18.3 Å². The van der Waals surface area contributed by atoms with E-state index in [0.29, 0.717) is 28.4 Å². The SMILES string of the molecule is CCC(=O)c1cc(Cl)ccc1OCC(=O)Nc1ccccc1. The monoisotopic (exact) mass is 317 g/mol. The highest BCUT2D eigenvalue weighted by Crippen LogP contribution is 2.24. The number of hydrogen-bond donors (Lipinski definition) is 1. The molecule has 0 saturated carbocycles. The maximum atomic E-state index is 11.9. The van der Waals surface area contributed by atoms with Crippen LogP contribution < -0.4 is 10.1 Å².